The number of nitrogens with zero attached hydrogens (tertiary/aromatic N) is 3. The molecular formula is C29H27N3OS. The molecule has 4 aromatic rings. The highest BCUT2D eigenvalue weighted by molar-refractivity contribution is 8.18. The number of carbonyl (C=O) groups excluding carboxylic acids is 1. The predicted octanol–water partition coefficient (Wildman–Crippen LogP) is 6.93. The summed E-state index contributed by atoms with van der Waals surface area (Å²) in [6.07, 6.45) is 4.17. The molecule has 1 saturated heterocycles. The summed E-state index contributed by atoms with van der Waals surface area (Å²) in [5, 5.41) is 1.88. The van der Waals surface area contributed by atoms with Crippen molar-refractivity contribution in [2.24, 2.45) is 4.99 Å². The molecule has 0 bridgehead atoms. The second kappa shape index (κ2) is 9.35. The van der Waals surface area contributed by atoms with Crippen LogP contribution in [-0.2, 0) is 11.3 Å². The minimum atomic E-state index is 0.0115. The molecule has 1 fully saturated rings. The van der Waals surface area contributed by atoms with Crippen LogP contribution in [0.5, 0.6) is 0 Å². The first kappa shape index (κ1) is 22.2. The Labute approximate surface area is 204 Å². The summed E-state index contributed by atoms with van der Waals surface area (Å²) in [6.45, 7) is 7.48. The number of aromatic nitrogens is 1. The lowest BCUT2D eigenvalue weighted by Crippen LogP contribution is -2.28. The number of aryl methyl sites for hydroxylation is 2. The number of thioether (sulfide) groups is 1. The van der Waals surface area contributed by atoms with Gasteiger partial charge < -0.3 is 4.57 Å². The van der Waals surface area contributed by atoms with E-state index in [0.29, 0.717) is 11.4 Å². The van der Waals surface area contributed by atoms with Gasteiger partial charge in [0.05, 0.1) is 10.6 Å². The molecule has 170 valence electrons. The van der Waals surface area contributed by atoms with E-state index in [0.717, 1.165) is 45.0 Å². The molecule has 1 amide bonds. The van der Waals surface area contributed by atoms with Crippen LogP contribution >= 0.6 is 11.8 Å². The number of aliphatic imine (C=N–C) groups is 1. The number of amidine groups is 1. The van der Waals surface area contributed by atoms with Gasteiger partial charge in [-0.3, -0.25) is 9.69 Å². The van der Waals surface area contributed by atoms with Gasteiger partial charge in [-0.2, -0.15) is 0 Å². The van der Waals surface area contributed by atoms with E-state index in [9.17, 15) is 4.79 Å². The molecule has 0 spiro atoms. The van der Waals surface area contributed by atoms with Gasteiger partial charge in [-0.05, 0) is 61.4 Å². The fourth-order valence-corrected chi connectivity index (χ4v) is 5.43. The van der Waals surface area contributed by atoms with Crippen molar-refractivity contribution < 1.29 is 4.79 Å². The van der Waals surface area contributed by atoms with Crippen LogP contribution in [0, 0.1) is 13.8 Å². The quantitative estimate of drug-likeness (QED) is 0.300. The van der Waals surface area contributed by atoms with E-state index in [1.165, 1.54) is 17.3 Å². The van der Waals surface area contributed by atoms with Gasteiger partial charge in [0.25, 0.3) is 5.91 Å². The van der Waals surface area contributed by atoms with Gasteiger partial charge in [-0.15, -0.1) is 0 Å². The highest BCUT2D eigenvalue weighted by Crippen LogP contribution is 2.36. The van der Waals surface area contributed by atoms with Crippen molar-refractivity contribution >= 4 is 45.5 Å². The van der Waals surface area contributed by atoms with Gasteiger partial charge >= 0.3 is 0 Å². The molecule has 4 nitrogen and oxygen atoms in total. The van der Waals surface area contributed by atoms with E-state index in [2.05, 4.69) is 79.2 Å². The molecule has 1 aliphatic heterocycles. The van der Waals surface area contributed by atoms with Crippen LogP contribution in [0.1, 0.15) is 29.2 Å². The van der Waals surface area contributed by atoms with Gasteiger partial charge in [0.1, 0.15) is 0 Å². The summed E-state index contributed by atoms with van der Waals surface area (Å²) < 4.78 is 2.25. The number of hydrogen-bond donors (Lipinski definition) is 0. The van der Waals surface area contributed by atoms with Crippen molar-refractivity contribution in [2.75, 3.05) is 6.54 Å². The van der Waals surface area contributed by atoms with Crippen molar-refractivity contribution in [2.45, 2.75) is 27.3 Å². The van der Waals surface area contributed by atoms with Gasteiger partial charge in [-0.25, -0.2) is 4.99 Å². The average molecular weight is 466 g/mol. The van der Waals surface area contributed by atoms with Crippen LogP contribution in [0.3, 0.4) is 0 Å². The van der Waals surface area contributed by atoms with Crippen LogP contribution < -0.4 is 0 Å². The van der Waals surface area contributed by atoms with Crippen molar-refractivity contribution in [3.8, 4) is 0 Å². The zero-order valence-electron chi connectivity index (χ0n) is 19.7. The SMILES string of the molecule is CCN1C(=O)/C(=C\c2cn(Cc3ccccc3)c3ccccc23)SC1=Nc1c(C)cccc1C. The van der Waals surface area contributed by atoms with E-state index in [1.54, 1.807) is 4.90 Å². The zero-order chi connectivity index (χ0) is 23.7. The Morgan fingerprint density at radius 1 is 0.912 bits per heavy atom. The van der Waals surface area contributed by atoms with Crippen LogP contribution in [0.4, 0.5) is 5.69 Å². The predicted molar refractivity (Wildman–Crippen MR) is 143 cm³/mol. The van der Waals surface area contributed by atoms with Gasteiger partial charge in [0.2, 0.25) is 0 Å². The van der Waals surface area contributed by atoms with Gasteiger partial charge in [0, 0.05) is 35.8 Å². The first-order valence-electron chi connectivity index (χ1n) is 11.5. The fraction of sp³-hybridized carbons (Fsp3) is 0.172. The molecule has 0 atom stereocenters. The molecule has 1 aromatic heterocycles. The monoisotopic (exact) mass is 465 g/mol. The lowest BCUT2D eigenvalue weighted by Gasteiger charge is -2.13. The van der Waals surface area contributed by atoms with E-state index < -0.39 is 0 Å². The number of para-hydroxylation sites is 2. The molecule has 0 aliphatic carbocycles. The van der Waals surface area contributed by atoms with Crippen LogP contribution in [-0.4, -0.2) is 27.1 Å². The van der Waals surface area contributed by atoms with Crippen molar-refractivity contribution in [3.05, 3.63) is 106 Å². The second-order valence-electron chi connectivity index (χ2n) is 8.51. The molecule has 34 heavy (non-hydrogen) atoms. The Kier molecular flexibility index (Phi) is 6.12. The number of fused-ring (bicyclic) bond motifs is 1. The number of carbonyl (C=O) groups is 1. The third-order valence-electron chi connectivity index (χ3n) is 6.15. The Morgan fingerprint density at radius 2 is 1.62 bits per heavy atom. The van der Waals surface area contributed by atoms with Crippen LogP contribution in [0.15, 0.2) is 88.9 Å². The molecule has 0 N–H and O–H groups in total. The standard InChI is InChI=1S/C29H27N3OS/c1-4-32-28(33)26(34-29(32)30-27-20(2)11-10-12-21(27)3)17-23-19-31(18-22-13-6-5-7-14-22)25-16-9-8-15-24(23)25/h5-17,19H,4,18H2,1-3H3/b26-17+,30-29?. The van der Waals surface area contributed by atoms with Gasteiger partial charge in [0.15, 0.2) is 5.17 Å². The summed E-state index contributed by atoms with van der Waals surface area (Å²) in [5.74, 6) is 0.0115. The molecule has 0 unspecified atom stereocenters. The third-order valence-corrected chi connectivity index (χ3v) is 7.16. The Morgan fingerprint density at radius 3 is 2.35 bits per heavy atom. The maximum Gasteiger partial charge on any atom is 0.266 e. The Hall–Kier alpha value is -3.57. The average Bonchev–Trinajstić information content (AvgIpc) is 3.34. The van der Waals surface area contributed by atoms with Crippen LogP contribution in [0.2, 0.25) is 0 Å². The fourth-order valence-electron chi connectivity index (χ4n) is 4.39. The summed E-state index contributed by atoms with van der Waals surface area (Å²) in [7, 11) is 0. The minimum Gasteiger partial charge on any atom is -0.342 e. The molecule has 0 radical (unpaired) electrons. The Bertz CT molecular complexity index is 1410. The minimum absolute atomic E-state index is 0.0115. The van der Waals surface area contributed by atoms with E-state index in [1.807, 2.05) is 31.2 Å². The maximum absolute atomic E-state index is 13.3. The summed E-state index contributed by atoms with van der Waals surface area (Å²) in [6, 6.07) is 25.0. The molecule has 0 saturated carbocycles. The second-order valence-corrected chi connectivity index (χ2v) is 9.52. The molecule has 1 aliphatic rings. The molecule has 5 rings (SSSR count). The van der Waals surface area contributed by atoms with Crippen LogP contribution in [0.25, 0.3) is 17.0 Å². The lowest BCUT2D eigenvalue weighted by atomic mass is 10.1. The normalized spacial score (nSPS) is 16.3. The first-order chi connectivity index (χ1) is 16.5. The van der Waals surface area contributed by atoms with Gasteiger partial charge in [-0.1, -0.05) is 66.7 Å². The summed E-state index contributed by atoms with van der Waals surface area (Å²) in [5.41, 5.74) is 6.61. The zero-order valence-corrected chi connectivity index (χ0v) is 20.5. The van der Waals surface area contributed by atoms with Crippen molar-refractivity contribution in [1.82, 2.24) is 9.47 Å². The number of amides is 1. The Balaban J connectivity index is 1.54. The lowest BCUT2D eigenvalue weighted by molar-refractivity contribution is -0.122. The van der Waals surface area contributed by atoms with E-state index in [4.69, 9.17) is 4.99 Å². The molecule has 3 aromatic carbocycles. The first-order valence-corrected chi connectivity index (χ1v) is 12.3. The number of hydrogen-bond acceptors (Lipinski definition) is 3. The number of rotatable bonds is 5. The number of benzene rings is 3. The third kappa shape index (κ3) is 4.19. The number of likely N-dealkylation sites (N-methyl/N-ethyl adjacent to an activating group) is 1. The molecular weight excluding hydrogens is 438 g/mol. The smallest absolute Gasteiger partial charge is 0.266 e. The maximum atomic E-state index is 13.3. The molecule has 2 heterocycles. The summed E-state index contributed by atoms with van der Waals surface area (Å²) >= 11 is 1.46. The van der Waals surface area contributed by atoms with E-state index in [-0.39, 0.29) is 5.91 Å². The van der Waals surface area contributed by atoms with Crippen molar-refractivity contribution in [1.29, 1.82) is 0 Å². The molecule has 5 heteroatoms. The largest absolute Gasteiger partial charge is 0.342 e. The highest BCUT2D eigenvalue weighted by Gasteiger charge is 2.32. The topological polar surface area (TPSA) is 37.6 Å². The summed E-state index contributed by atoms with van der Waals surface area (Å²) in [4.78, 5) is 20.7. The van der Waals surface area contributed by atoms with Crippen molar-refractivity contribution in [3.63, 3.8) is 0 Å². The van der Waals surface area contributed by atoms with E-state index >= 15 is 0 Å². The highest BCUT2D eigenvalue weighted by atomic mass is 32.2.